The normalized spacial score (nSPS) is 11.2. The highest BCUT2D eigenvalue weighted by Crippen LogP contribution is 2.25. The summed E-state index contributed by atoms with van der Waals surface area (Å²) in [5.41, 5.74) is 2.12. The lowest BCUT2D eigenvalue weighted by Gasteiger charge is -2.14. The van der Waals surface area contributed by atoms with E-state index in [1.54, 1.807) is 33.2 Å². The Morgan fingerprint density at radius 2 is 1.75 bits per heavy atom. The number of nitrogens with one attached hydrogen (secondary N) is 1. The molecule has 2 aromatic carbocycles. The topological polar surface area (TPSA) is 66.5 Å². The number of nitrogens with zero attached hydrogens (tertiary/aromatic N) is 1. The van der Waals surface area contributed by atoms with Gasteiger partial charge in [0.15, 0.2) is 0 Å². The Balaban J connectivity index is 2.35. The molecule has 0 aliphatic carbocycles. The van der Waals surface area contributed by atoms with Gasteiger partial charge in [-0.15, -0.1) is 0 Å². The van der Waals surface area contributed by atoms with Crippen LogP contribution in [0.2, 0.25) is 5.02 Å². The van der Waals surface area contributed by atoms with Crippen LogP contribution in [0.1, 0.15) is 21.5 Å². The van der Waals surface area contributed by atoms with Gasteiger partial charge in [0.2, 0.25) is 0 Å². The first-order chi connectivity index (χ1) is 11.1. The fourth-order valence-electron chi connectivity index (χ4n) is 2.20. The summed E-state index contributed by atoms with van der Waals surface area (Å²) in [5, 5.41) is 0.190. The van der Waals surface area contributed by atoms with Gasteiger partial charge >= 0.3 is 0 Å². The molecule has 0 atom stereocenters. The lowest BCUT2D eigenvalue weighted by Crippen LogP contribution is -2.22. The van der Waals surface area contributed by atoms with Gasteiger partial charge in [0, 0.05) is 14.1 Å². The first-order valence-electron chi connectivity index (χ1n) is 7.23. The molecule has 0 aromatic heterocycles. The average molecular weight is 367 g/mol. The zero-order chi connectivity index (χ0) is 18.1. The number of aryl methyl sites for hydroxylation is 2. The van der Waals surface area contributed by atoms with E-state index < -0.39 is 10.0 Å². The molecule has 0 spiro atoms. The summed E-state index contributed by atoms with van der Waals surface area (Å²) < 4.78 is 27.7. The molecular formula is C17H19ClN2O3S. The molecule has 0 saturated carbocycles. The molecule has 2 aromatic rings. The predicted octanol–water partition coefficient (Wildman–Crippen LogP) is 3.46. The van der Waals surface area contributed by atoms with E-state index in [-0.39, 0.29) is 15.8 Å². The molecule has 5 nitrogen and oxygen atoms in total. The molecule has 2 rings (SSSR count). The molecule has 0 bridgehead atoms. The number of benzene rings is 2. The van der Waals surface area contributed by atoms with Crippen molar-refractivity contribution in [3.8, 4) is 0 Å². The monoisotopic (exact) mass is 366 g/mol. The van der Waals surface area contributed by atoms with Crippen molar-refractivity contribution in [3.05, 3.63) is 58.1 Å². The molecule has 0 aliphatic rings. The molecule has 128 valence electrons. The van der Waals surface area contributed by atoms with Gasteiger partial charge in [0.1, 0.15) is 0 Å². The lowest BCUT2D eigenvalue weighted by atomic mass is 10.2. The van der Waals surface area contributed by atoms with E-state index in [1.807, 2.05) is 13.0 Å². The third-order valence-corrected chi connectivity index (χ3v) is 5.33. The summed E-state index contributed by atoms with van der Waals surface area (Å²) in [4.78, 5) is 13.6. The molecule has 0 heterocycles. The molecule has 1 N–H and O–H groups in total. The number of anilines is 1. The van der Waals surface area contributed by atoms with Crippen LogP contribution in [0, 0.1) is 13.8 Å². The quantitative estimate of drug-likeness (QED) is 0.901. The number of carbonyl (C=O) groups is 1. The minimum absolute atomic E-state index is 0.190. The van der Waals surface area contributed by atoms with E-state index >= 15 is 0 Å². The van der Waals surface area contributed by atoms with Crippen molar-refractivity contribution in [1.82, 2.24) is 4.90 Å². The van der Waals surface area contributed by atoms with Crippen LogP contribution in [-0.4, -0.2) is 33.3 Å². The zero-order valence-electron chi connectivity index (χ0n) is 13.9. The van der Waals surface area contributed by atoms with Crippen LogP contribution in [0.25, 0.3) is 0 Å². The minimum Gasteiger partial charge on any atom is -0.345 e. The van der Waals surface area contributed by atoms with Crippen molar-refractivity contribution in [2.45, 2.75) is 18.7 Å². The van der Waals surface area contributed by atoms with Gasteiger partial charge in [-0.2, -0.15) is 0 Å². The lowest BCUT2D eigenvalue weighted by molar-refractivity contribution is 0.0828. The Labute approximate surface area is 147 Å². The Morgan fingerprint density at radius 1 is 1.08 bits per heavy atom. The van der Waals surface area contributed by atoms with Crippen LogP contribution in [-0.2, 0) is 10.0 Å². The number of halogens is 1. The van der Waals surface area contributed by atoms with Gasteiger partial charge < -0.3 is 4.90 Å². The molecule has 7 heteroatoms. The van der Waals surface area contributed by atoms with Crippen molar-refractivity contribution in [1.29, 1.82) is 0 Å². The van der Waals surface area contributed by atoms with Crippen LogP contribution in [0.5, 0.6) is 0 Å². The van der Waals surface area contributed by atoms with Gasteiger partial charge in [-0.25, -0.2) is 8.42 Å². The Bertz CT molecular complexity index is 893. The maximum Gasteiger partial charge on any atom is 0.262 e. The molecule has 0 fully saturated rings. The molecule has 0 saturated heterocycles. The van der Waals surface area contributed by atoms with Crippen LogP contribution in [0.3, 0.4) is 0 Å². The van der Waals surface area contributed by atoms with Crippen LogP contribution in [0.15, 0.2) is 41.3 Å². The molecule has 1 amide bonds. The summed E-state index contributed by atoms with van der Waals surface area (Å²) in [7, 11) is -0.495. The first-order valence-corrected chi connectivity index (χ1v) is 9.09. The molecule has 0 unspecified atom stereocenters. The van der Waals surface area contributed by atoms with E-state index in [4.69, 9.17) is 11.6 Å². The maximum atomic E-state index is 12.6. The Hall–Kier alpha value is -2.05. The Kier molecular flexibility index (Phi) is 5.20. The van der Waals surface area contributed by atoms with Crippen molar-refractivity contribution >= 4 is 33.2 Å². The van der Waals surface area contributed by atoms with Gasteiger partial charge in [-0.05, 0) is 49.2 Å². The minimum atomic E-state index is -3.74. The number of hydrogen-bond acceptors (Lipinski definition) is 3. The highest BCUT2D eigenvalue weighted by molar-refractivity contribution is 7.92. The van der Waals surface area contributed by atoms with Crippen LogP contribution < -0.4 is 4.72 Å². The number of amides is 1. The van der Waals surface area contributed by atoms with Gasteiger partial charge in [-0.3, -0.25) is 9.52 Å². The van der Waals surface area contributed by atoms with E-state index in [1.165, 1.54) is 23.1 Å². The third-order valence-electron chi connectivity index (χ3n) is 3.49. The fraction of sp³-hybridized carbons (Fsp3) is 0.235. The highest BCUT2D eigenvalue weighted by Gasteiger charge is 2.19. The zero-order valence-corrected chi connectivity index (χ0v) is 15.5. The summed E-state index contributed by atoms with van der Waals surface area (Å²) in [6.07, 6.45) is 0. The van der Waals surface area contributed by atoms with Crippen molar-refractivity contribution in [2.24, 2.45) is 0 Å². The van der Waals surface area contributed by atoms with E-state index in [9.17, 15) is 13.2 Å². The maximum absolute atomic E-state index is 12.6. The summed E-state index contributed by atoms with van der Waals surface area (Å²) in [6.45, 7) is 3.57. The number of hydrogen-bond donors (Lipinski definition) is 1. The second-order valence-corrected chi connectivity index (χ2v) is 7.83. The van der Waals surface area contributed by atoms with Crippen molar-refractivity contribution in [3.63, 3.8) is 0 Å². The molecule has 0 aliphatic heterocycles. The standard InChI is InChI=1S/C17H19ClN2O3S/c1-11-5-6-12(2)16(9-11)24(22,23)19-13-7-8-14(15(18)10-13)17(21)20(3)4/h5-10,19H,1-4H3. The summed E-state index contributed by atoms with van der Waals surface area (Å²) >= 11 is 6.12. The second kappa shape index (κ2) is 6.83. The number of rotatable bonds is 4. The molecule has 0 radical (unpaired) electrons. The fourth-order valence-corrected chi connectivity index (χ4v) is 3.84. The number of carbonyl (C=O) groups excluding carboxylic acids is 1. The van der Waals surface area contributed by atoms with Crippen LogP contribution >= 0.6 is 11.6 Å². The van der Waals surface area contributed by atoms with E-state index in [0.29, 0.717) is 16.8 Å². The number of sulfonamides is 1. The van der Waals surface area contributed by atoms with Crippen LogP contribution in [0.4, 0.5) is 5.69 Å². The van der Waals surface area contributed by atoms with E-state index in [0.717, 1.165) is 5.56 Å². The molecular weight excluding hydrogens is 348 g/mol. The van der Waals surface area contributed by atoms with Gasteiger partial charge in [0.25, 0.3) is 15.9 Å². The summed E-state index contributed by atoms with van der Waals surface area (Å²) in [6, 6.07) is 9.68. The Morgan fingerprint density at radius 3 is 2.33 bits per heavy atom. The SMILES string of the molecule is Cc1ccc(C)c(S(=O)(=O)Nc2ccc(C(=O)N(C)C)c(Cl)c2)c1. The smallest absolute Gasteiger partial charge is 0.262 e. The highest BCUT2D eigenvalue weighted by atomic mass is 35.5. The predicted molar refractivity (Wildman–Crippen MR) is 96.2 cm³/mol. The molecule has 24 heavy (non-hydrogen) atoms. The van der Waals surface area contributed by atoms with E-state index in [2.05, 4.69) is 4.72 Å². The first kappa shape index (κ1) is 18.3. The van der Waals surface area contributed by atoms with Crippen molar-refractivity contribution < 1.29 is 13.2 Å². The average Bonchev–Trinajstić information content (AvgIpc) is 2.48. The van der Waals surface area contributed by atoms with Crippen molar-refractivity contribution in [2.75, 3.05) is 18.8 Å². The van der Waals surface area contributed by atoms with Gasteiger partial charge in [-0.1, -0.05) is 23.7 Å². The second-order valence-electron chi connectivity index (χ2n) is 5.77. The van der Waals surface area contributed by atoms with Gasteiger partial charge in [0.05, 0.1) is 21.2 Å². The summed E-state index contributed by atoms with van der Waals surface area (Å²) in [5.74, 6) is -0.246. The largest absolute Gasteiger partial charge is 0.345 e. The third kappa shape index (κ3) is 3.88.